The molecule has 1 aliphatic rings. The number of benzene rings is 1. The summed E-state index contributed by atoms with van der Waals surface area (Å²) >= 11 is 0. The average Bonchev–Trinajstić information content (AvgIpc) is 2.52. The number of nitrogens with zero attached hydrogens (tertiary/aromatic N) is 1. The van der Waals surface area contributed by atoms with Crippen LogP contribution >= 0.6 is 0 Å². The Bertz CT molecular complexity index is 461. The standard InChI is InChI=1S/C11H11N3O2/c1-6(9(12)13)14-10(15)7-4-2-3-5-8(7)11(14)16/h2-6H,1H3,(H3,12,13)/t6-/m1/s1. The molecule has 0 fully saturated rings. The number of imide groups is 1. The lowest BCUT2D eigenvalue weighted by molar-refractivity contribution is 0.0634. The third-order valence-electron chi connectivity index (χ3n) is 2.66. The molecule has 0 unspecified atom stereocenters. The number of carbonyl (C=O) groups is 2. The molecule has 1 aliphatic heterocycles. The van der Waals surface area contributed by atoms with Crippen LogP contribution in [0.25, 0.3) is 0 Å². The van der Waals surface area contributed by atoms with E-state index in [1.807, 2.05) is 0 Å². The van der Waals surface area contributed by atoms with Crippen LogP contribution in [0.5, 0.6) is 0 Å². The van der Waals surface area contributed by atoms with Gasteiger partial charge in [0.15, 0.2) is 0 Å². The van der Waals surface area contributed by atoms with Crippen molar-refractivity contribution in [2.75, 3.05) is 0 Å². The van der Waals surface area contributed by atoms with Crippen molar-refractivity contribution in [3.63, 3.8) is 0 Å². The molecule has 3 N–H and O–H groups in total. The summed E-state index contributed by atoms with van der Waals surface area (Å²) in [5.74, 6) is -0.971. The number of rotatable bonds is 2. The average molecular weight is 217 g/mol. The van der Waals surface area contributed by atoms with Gasteiger partial charge in [-0.3, -0.25) is 19.9 Å². The van der Waals surface area contributed by atoms with Crippen LogP contribution < -0.4 is 5.73 Å². The SMILES string of the molecule is C[C@H](C(=N)N)N1C(=O)c2ccccc2C1=O. The second-order valence-electron chi connectivity index (χ2n) is 3.66. The van der Waals surface area contributed by atoms with Crippen molar-refractivity contribution >= 4 is 17.6 Å². The molecule has 2 amide bonds. The fourth-order valence-electron chi connectivity index (χ4n) is 1.70. The first-order chi connectivity index (χ1) is 7.54. The van der Waals surface area contributed by atoms with E-state index in [0.29, 0.717) is 11.1 Å². The number of carbonyl (C=O) groups excluding carboxylic acids is 2. The molecule has 1 heterocycles. The highest BCUT2D eigenvalue weighted by Gasteiger charge is 2.38. The van der Waals surface area contributed by atoms with E-state index in [0.717, 1.165) is 4.90 Å². The molecule has 0 spiro atoms. The number of fused-ring (bicyclic) bond motifs is 1. The number of nitrogens with one attached hydrogen (secondary N) is 1. The number of amidine groups is 1. The van der Waals surface area contributed by atoms with Crippen molar-refractivity contribution < 1.29 is 9.59 Å². The van der Waals surface area contributed by atoms with Gasteiger partial charge in [0.1, 0.15) is 5.84 Å². The first kappa shape index (κ1) is 10.4. The molecule has 1 atom stereocenters. The quantitative estimate of drug-likeness (QED) is 0.432. The zero-order valence-electron chi connectivity index (χ0n) is 8.73. The predicted molar refractivity (Wildman–Crippen MR) is 58.3 cm³/mol. The van der Waals surface area contributed by atoms with Gasteiger partial charge < -0.3 is 5.73 Å². The Morgan fingerprint density at radius 3 is 2.06 bits per heavy atom. The second kappa shape index (κ2) is 3.44. The highest BCUT2D eigenvalue weighted by atomic mass is 16.2. The summed E-state index contributed by atoms with van der Waals surface area (Å²) in [6.45, 7) is 1.56. The summed E-state index contributed by atoms with van der Waals surface area (Å²) < 4.78 is 0. The van der Waals surface area contributed by atoms with Gasteiger partial charge in [0.2, 0.25) is 0 Å². The fraction of sp³-hybridized carbons (Fsp3) is 0.182. The molecule has 16 heavy (non-hydrogen) atoms. The summed E-state index contributed by atoms with van der Waals surface area (Å²) in [6.07, 6.45) is 0. The predicted octanol–water partition coefficient (Wildman–Crippen LogP) is 0.607. The molecule has 0 aliphatic carbocycles. The Balaban J connectivity index is 2.46. The lowest BCUT2D eigenvalue weighted by Crippen LogP contribution is -2.45. The van der Waals surface area contributed by atoms with Crippen LogP contribution in [0.3, 0.4) is 0 Å². The number of hydrogen-bond acceptors (Lipinski definition) is 3. The third-order valence-corrected chi connectivity index (χ3v) is 2.66. The van der Waals surface area contributed by atoms with E-state index in [2.05, 4.69) is 0 Å². The van der Waals surface area contributed by atoms with Gasteiger partial charge >= 0.3 is 0 Å². The molecule has 0 aromatic heterocycles. The summed E-state index contributed by atoms with van der Waals surface area (Å²) in [5.41, 5.74) is 6.06. The molecule has 1 aromatic carbocycles. The molecule has 5 nitrogen and oxygen atoms in total. The highest BCUT2D eigenvalue weighted by molar-refractivity contribution is 6.22. The van der Waals surface area contributed by atoms with Gasteiger partial charge in [-0.05, 0) is 19.1 Å². The molecule has 0 bridgehead atoms. The zero-order valence-corrected chi connectivity index (χ0v) is 8.73. The van der Waals surface area contributed by atoms with Gasteiger partial charge in [0.25, 0.3) is 11.8 Å². The topological polar surface area (TPSA) is 87.2 Å². The van der Waals surface area contributed by atoms with Gasteiger partial charge in [-0.1, -0.05) is 12.1 Å². The molecule has 82 valence electrons. The molecule has 2 rings (SSSR count). The lowest BCUT2D eigenvalue weighted by atomic mass is 10.1. The monoisotopic (exact) mass is 217 g/mol. The normalized spacial score (nSPS) is 16.2. The summed E-state index contributed by atoms with van der Waals surface area (Å²) in [5, 5.41) is 7.28. The van der Waals surface area contributed by atoms with Crippen LogP contribution in [0, 0.1) is 5.41 Å². The van der Waals surface area contributed by atoms with Gasteiger partial charge in [-0.25, -0.2) is 0 Å². The van der Waals surface area contributed by atoms with Crippen molar-refractivity contribution in [2.24, 2.45) is 5.73 Å². The first-order valence-electron chi connectivity index (χ1n) is 4.85. The van der Waals surface area contributed by atoms with E-state index < -0.39 is 6.04 Å². The Morgan fingerprint density at radius 2 is 1.69 bits per heavy atom. The Kier molecular flexibility index (Phi) is 2.23. The van der Waals surface area contributed by atoms with Crippen molar-refractivity contribution in [3.05, 3.63) is 35.4 Å². The number of hydrogen-bond donors (Lipinski definition) is 2. The molecule has 0 radical (unpaired) electrons. The molecule has 1 aromatic rings. The zero-order chi connectivity index (χ0) is 11.9. The van der Waals surface area contributed by atoms with Gasteiger partial charge in [-0.15, -0.1) is 0 Å². The molecular formula is C11H11N3O2. The Labute approximate surface area is 92.4 Å². The minimum Gasteiger partial charge on any atom is -0.386 e. The fourth-order valence-corrected chi connectivity index (χ4v) is 1.70. The smallest absolute Gasteiger partial charge is 0.262 e. The van der Waals surface area contributed by atoms with Gasteiger partial charge in [-0.2, -0.15) is 0 Å². The van der Waals surface area contributed by atoms with E-state index in [1.54, 1.807) is 31.2 Å². The minimum atomic E-state index is -0.701. The van der Waals surface area contributed by atoms with Crippen LogP contribution in [-0.2, 0) is 0 Å². The molecule has 0 saturated heterocycles. The van der Waals surface area contributed by atoms with Crippen LogP contribution in [0.1, 0.15) is 27.6 Å². The second-order valence-corrected chi connectivity index (χ2v) is 3.66. The minimum absolute atomic E-state index is 0.200. The molecule has 5 heteroatoms. The van der Waals surface area contributed by atoms with Crippen molar-refractivity contribution in [2.45, 2.75) is 13.0 Å². The summed E-state index contributed by atoms with van der Waals surface area (Å²) in [4.78, 5) is 24.8. The van der Waals surface area contributed by atoms with Crippen LogP contribution in [-0.4, -0.2) is 28.6 Å². The Morgan fingerprint density at radius 1 is 1.25 bits per heavy atom. The largest absolute Gasteiger partial charge is 0.386 e. The van der Waals surface area contributed by atoms with Crippen molar-refractivity contribution in [1.82, 2.24) is 4.90 Å². The van der Waals surface area contributed by atoms with Crippen LogP contribution in [0.4, 0.5) is 0 Å². The van der Waals surface area contributed by atoms with E-state index in [9.17, 15) is 9.59 Å². The summed E-state index contributed by atoms with van der Waals surface area (Å²) in [6, 6.07) is 5.90. The van der Waals surface area contributed by atoms with E-state index in [1.165, 1.54) is 0 Å². The third kappa shape index (κ3) is 1.29. The molecule has 0 saturated carbocycles. The van der Waals surface area contributed by atoms with Crippen LogP contribution in [0.2, 0.25) is 0 Å². The van der Waals surface area contributed by atoms with E-state index in [-0.39, 0.29) is 17.6 Å². The maximum atomic E-state index is 11.9. The maximum absolute atomic E-state index is 11.9. The number of amides is 2. The first-order valence-corrected chi connectivity index (χ1v) is 4.85. The molecular weight excluding hydrogens is 206 g/mol. The van der Waals surface area contributed by atoms with Crippen molar-refractivity contribution in [3.8, 4) is 0 Å². The van der Waals surface area contributed by atoms with Crippen molar-refractivity contribution in [1.29, 1.82) is 5.41 Å². The van der Waals surface area contributed by atoms with Gasteiger partial charge in [0.05, 0.1) is 17.2 Å². The van der Waals surface area contributed by atoms with Gasteiger partial charge in [0, 0.05) is 0 Å². The highest BCUT2D eigenvalue weighted by Crippen LogP contribution is 2.24. The maximum Gasteiger partial charge on any atom is 0.262 e. The van der Waals surface area contributed by atoms with Crippen LogP contribution in [0.15, 0.2) is 24.3 Å². The Hall–Kier alpha value is -2.17. The lowest BCUT2D eigenvalue weighted by Gasteiger charge is -2.20. The van der Waals surface area contributed by atoms with E-state index >= 15 is 0 Å². The van der Waals surface area contributed by atoms with E-state index in [4.69, 9.17) is 11.1 Å². The summed E-state index contributed by atoms with van der Waals surface area (Å²) in [7, 11) is 0. The number of nitrogens with two attached hydrogens (primary N) is 1.